The molecule has 0 radical (unpaired) electrons. The molecule has 1 aromatic rings. The summed E-state index contributed by atoms with van der Waals surface area (Å²) in [6.07, 6.45) is 0. The lowest BCUT2D eigenvalue weighted by atomic mass is 10.2. The van der Waals surface area contributed by atoms with Crippen molar-refractivity contribution in [2.75, 3.05) is 5.43 Å². The average molecular weight is 170 g/mol. The lowest BCUT2D eigenvalue weighted by Gasteiger charge is -2.04. The maximum absolute atomic E-state index is 12.8. The van der Waals surface area contributed by atoms with Crippen molar-refractivity contribution in [2.45, 2.75) is 0 Å². The Morgan fingerprint density at radius 1 is 1.58 bits per heavy atom. The van der Waals surface area contributed by atoms with Gasteiger partial charge in [0.05, 0.1) is 11.3 Å². The van der Waals surface area contributed by atoms with E-state index in [-0.39, 0.29) is 11.3 Å². The van der Waals surface area contributed by atoms with Crippen molar-refractivity contribution < 1.29 is 14.3 Å². The van der Waals surface area contributed by atoms with Gasteiger partial charge in [0.25, 0.3) is 0 Å². The number of hydrazine groups is 1. The zero-order chi connectivity index (χ0) is 9.14. The van der Waals surface area contributed by atoms with Gasteiger partial charge >= 0.3 is 5.97 Å². The molecule has 1 rings (SSSR count). The van der Waals surface area contributed by atoms with Gasteiger partial charge < -0.3 is 10.5 Å². The predicted octanol–water partition coefficient (Wildman–Crippen LogP) is 0.810. The van der Waals surface area contributed by atoms with E-state index in [1.807, 2.05) is 5.43 Å². The molecule has 4 N–H and O–H groups in total. The monoisotopic (exact) mass is 170 g/mol. The first-order valence-corrected chi connectivity index (χ1v) is 3.15. The van der Waals surface area contributed by atoms with Crippen LogP contribution in [0, 0.1) is 5.82 Å². The van der Waals surface area contributed by atoms with E-state index >= 15 is 0 Å². The molecule has 0 saturated carbocycles. The third-order valence-corrected chi connectivity index (χ3v) is 1.39. The van der Waals surface area contributed by atoms with E-state index in [0.29, 0.717) is 0 Å². The number of aromatic carboxylic acids is 1. The van der Waals surface area contributed by atoms with Crippen LogP contribution in [0.5, 0.6) is 0 Å². The van der Waals surface area contributed by atoms with Crippen molar-refractivity contribution in [1.29, 1.82) is 0 Å². The quantitative estimate of drug-likeness (QED) is 0.453. The zero-order valence-corrected chi connectivity index (χ0v) is 6.04. The Kier molecular flexibility index (Phi) is 2.25. The summed E-state index contributed by atoms with van der Waals surface area (Å²) in [4.78, 5) is 10.5. The van der Waals surface area contributed by atoms with Gasteiger partial charge in [-0.25, -0.2) is 9.18 Å². The summed E-state index contributed by atoms with van der Waals surface area (Å²) in [5, 5.41) is 8.56. The summed E-state index contributed by atoms with van der Waals surface area (Å²) in [6, 6.07) is 3.70. The summed E-state index contributed by atoms with van der Waals surface area (Å²) in [7, 11) is 0. The Hall–Kier alpha value is -1.62. The molecule has 0 fully saturated rings. The number of halogens is 1. The van der Waals surface area contributed by atoms with Crippen molar-refractivity contribution in [3.8, 4) is 0 Å². The first-order valence-electron chi connectivity index (χ1n) is 3.15. The predicted molar refractivity (Wildman–Crippen MR) is 41.2 cm³/mol. The summed E-state index contributed by atoms with van der Waals surface area (Å²) in [5.74, 6) is 3.03. The molecule has 12 heavy (non-hydrogen) atoms. The van der Waals surface area contributed by atoms with Crippen molar-refractivity contribution in [3.05, 3.63) is 29.6 Å². The zero-order valence-electron chi connectivity index (χ0n) is 6.04. The minimum absolute atomic E-state index is 0.183. The molecule has 1 aromatic carbocycles. The molecule has 4 nitrogen and oxygen atoms in total. The number of hydrogen-bond acceptors (Lipinski definition) is 3. The van der Waals surface area contributed by atoms with Crippen LogP contribution in [0.2, 0.25) is 0 Å². The number of nitrogens with two attached hydrogens (primary N) is 1. The van der Waals surface area contributed by atoms with Crippen LogP contribution in [-0.2, 0) is 0 Å². The van der Waals surface area contributed by atoms with Crippen LogP contribution in [0.15, 0.2) is 18.2 Å². The molecule has 0 saturated heterocycles. The highest BCUT2D eigenvalue weighted by Gasteiger charge is 2.12. The highest BCUT2D eigenvalue weighted by Crippen LogP contribution is 2.17. The molecule has 64 valence electrons. The van der Waals surface area contributed by atoms with Gasteiger partial charge in [-0.05, 0) is 12.1 Å². The summed E-state index contributed by atoms with van der Waals surface area (Å²) in [5.41, 5.74) is 1.60. The molecule has 0 aliphatic carbocycles. The van der Waals surface area contributed by atoms with Crippen molar-refractivity contribution in [2.24, 2.45) is 5.84 Å². The minimum Gasteiger partial charge on any atom is -0.478 e. The molecule has 0 unspecified atom stereocenters. The van der Waals surface area contributed by atoms with E-state index in [1.165, 1.54) is 12.1 Å². The molecular weight excluding hydrogens is 163 g/mol. The number of nitrogen functional groups attached to an aromatic ring is 1. The second kappa shape index (κ2) is 3.19. The second-order valence-corrected chi connectivity index (χ2v) is 2.11. The Bertz CT molecular complexity index is 314. The third kappa shape index (κ3) is 1.35. The van der Waals surface area contributed by atoms with Gasteiger partial charge in [0.1, 0.15) is 5.82 Å². The van der Waals surface area contributed by atoms with Crippen LogP contribution in [0.1, 0.15) is 10.4 Å². The fourth-order valence-corrected chi connectivity index (χ4v) is 0.849. The van der Waals surface area contributed by atoms with Crippen molar-refractivity contribution in [1.82, 2.24) is 0 Å². The number of rotatable bonds is 2. The number of benzene rings is 1. The van der Waals surface area contributed by atoms with E-state index in [0.717, 1.165) is 6.07 Å². The fourth-order valence-electron chi connectivity index (χ4n) is 0.849. The molecule has 0 bridgehead atoms. The van der Waals surface area contributed by atoms with Crippen LogP contribution in [0.4, 0.5) is 10.1 Å². The fraction of sp³-hybridized carbons (Fsp3) is 0. The Labute approximate surface area is 67.8 Å². The number of para-hydroxylation sites is 1. The van der Waals surface area contributed by atoms with E-state index in [4.69, 9.17) is 10.9 Å². The molecule has 0 aromatic heterocycles. The Morgan fingerprint density at radius 3 is 2.67 bits per heavy atom. The van der Waals surface area contributed by atoms with Gasteiger partial charge in [-0.1, -0.05) is 6.07 Å². The summed E-state index contributed by atoms with van der Waals surface area (Å²) >= 11 is 0. The highest BCUT2D eigenvalue weighted by molar-refractivity contribution is 5.94. The van der Waals surface area contributed by atoms with Gasteiger partial charge in [0, 0.05) is 0 Å². The average Bonchev–Trinajstić information content (AvgIpc) is 2.03. The van der Waals surface area contributed by atoms with Crippen LogP contribution in [0.3, 0.4) is 0 Å². The smallest absolute Gasteiger partial charge is 0.337 e. The summed E-state index contributed by atoms with van der Waals surface area (Å²) in [6.45, 7) is 0. The number of hydrogen-bond donors (Lipinski definition) is 3. The molecule has 0 amide bonds. The maximum Gasteiger partial charge on any atom is 0.337 e. The van der Waals surface area contributed by atoms with Gasteiger partial charge in [-0.3, -0.25) is 5.84 Å². The number of carboxylic acids is 1. The van der Waals surface area contributed by atoms with Gasteiger partial charge in [-0.15, -0.1) is 0 Å². The third-order valence-electron chi connectivity index (χ3n) is 1.39. The standard InChI is InChI=1S/C7H7FN2O2/c8-5-3-1-2-4(7(11)12)6(5)10-9/h1-3,10H,9H2,(H,11,12). The topological polar surface area (TPSA) is 75.3 Å². The molecule has 0 heterocycles. The molecule has 0 aliphatic rings. The lowest BCUT2D eigenvalue weighted by molar-refractivity contribution is 0.0697. The highest BCUT2D eigenvalue weighted by atomic mass is 19.1. The van der Waals surface area contributed by atoms with Crippen molar-refractivity contribution in [3.63, 3.8) is 0 Å². The van der Waals surface area contributed by atoms with E-state index < -0.39 is 11.8 Å². The molecule has 0 spiro atoms. The first kappa shape index (κ1) is 8.48. The Morgan fingerprint density at radius 2 is 2.25 bits per heavy atom. The molecule has 0 atom stereocenters. The van der Waals surface area contributed by atoms with Crippen LogP contribution >= 0.6 is 0 Å². The van der Waals surface area contributed by atoms with Crippen LogP contribution in [-0.4, -0.2) is 11.1 Å². The van der Waals surface area contributed by atoms with Crippen LogP contribution in [0.25, 0.3) is 0 Å². The van der Waals surface area contributed by atoms with E-state index in [1.54, 1.807) is 0 Å². The first-order chi connectivity index (χ1) is 5.66. The molecular formula is C7H7FN2O2. The number of carbonyl (C=O) groups is 1. The second-order valence-electron chi connectivity index (χ2n) is 2.11. The van der Waals surface area contributed by atoms with Gasteiger partial charge in [0.15, 0.2) is 0 Å². The molecule has 5 heteroatoms. The van der Waals surface area contributed by atoms with E-state index in [9.17, 15) is 9.18 Å². The van der Waals surface area contributed by atoms with Gasteiger partial charge in [0.2, 0.25) is 0 Å². The van der Waals surface area contributed by atoms with Crippen molar-refractivity contribution >= 4 is 11.7 Å². The van der Waals surface area contributed by atoms with Crippen LogP contribution < -0.4 is 11.3 Å². The lowest BCUT2D eigenvalue weighted by Crippen LogP contribution is -2.13. The molecule has 0 aliphatic heterocycles. The summed E-state index contributed by atoms with van der Waals surface area (Å²) < 4.78 is 12.8. The SMILES string of the molecule is NNc1c(F)cccc1C(=O)O. The Balaban J connectivity index is 3.27. The number of anilines is 1. The number of nitrogens with one attached hydrogen (secondary N) is 1. The van der Waals surface area contributed by atoms with Gasteiger partial charge in [-0.2, -0.15) is 0 Å². The number of carboxylic acid groups (broad SMARTS) is 1. The largest absolute Gasteiger partial charge is 0.478 e. The minimum atomic E-state index is -1.22. The van der Waals surface area contributed by atoms with E-state index in [2.05, 4.69) is 0 Å². The maximum atomic E-state index is 12.8. The normalized spacial score (nSPS) is 9.50.